The van der Waals surface area contributed by atoms with E-state index in [0.29, 0.717) is 16.7 Å². The van der Waals surface area contributed by atoms with Crippen molar-refractivity contribution in [2.24, 2.45) is 11.3 Å². The molecule has 4 aliphatic rings. The zero-order chi connectivity index (χ0) is 24.2. The number of carbonyl (C=O) groups is 1. The maximum Gasteiger partial charge on any atom is 0.138 e. The molecule has 0 aromatic heterocycles. The molecule has 0 saturated carbocycles. The number of nitrogens with zero attached hydrogens (tertiary/aromatic N) is 2. The highest BCUT2D eigenvalue weighted by Crippen LogP contribution is 2.51. The van der Waals surface area contributed by atoms with Crippen LogP contribution in [0.4, 0.5) is 4.79 Å². The van der Waals surface area contributed by atoms with Crippen molar-refractivity contribution in [3.8, 4) is 16.9 Å². The summed E-state index contributed by atoms with van der Waals surface area (Å²) < 4.78 is 5.78. The number of fused-ring (bicyclic) bond motifs is 4. The minimum absolute atomic E-state index is 0.00899. The van der Waals surface area contributed by atoms with Gasteiger partial charge in [-0.2, -0.15) is 0 Å². The lowest BCUT2D eigenvalue weighted by atomic mass is 9.79. The molecule has 0 unspecified atom stereocenters. The van der Waals surface area contributed by atoms with Crippen LogP contribution in [0.3, 0.4) is 0 Å². The molecule has 34 heavy (non-hydrogen) atoms. The van der Waals surface area contributed by atoms with Gasteiger partial charge in [-0.25, -0.2) is 0 Å². The van der Waals surface area contributed by atoms with E-state index in [0.717, 1.165) is 55.6 Å². The van der Waals surface area contributed by atoms with Crippen molar-refractivity contribution in [3.63, 3.8) is 0 Å². The van der Waals surface area contributed by atoms with Crippen LogP contribution >= 0.6 is 11.6 Å². The number of hydrogen-bond donors (Lipinski definition) is 0. The monoisotopic (exact) mass is 481 g/mol. The quantitative estimate of drug-likeness (QED) is 0.592. The van der Waals surface area contributed by atoms with Gasteiger partial charge in [-0.3, -0.25) is 0 Å². The molecule has 3 heterocycles. The maximum atomic E-state index is 12.6. The number of carboxylic acid groups (broad SMARTS) is 1. The fourth-order valence-electron chi connectivity index (χ4n) is 6.45. The molecule has 3 aliphatic heterocycles. The summed E-state index contributed by atoms with van der Waals surface area (Å²) in [4.78, 5) is 16.7. The van der Waals surface area contributed by atoms with Gasteiger partial charge in [-0.05, 0) is 91.9 Å². The van der Waals surface area contributed by atoms with Gasteiger partial charge in [0.15, 0.2) is 0 Å². The second-order valence-corrected chi connectivity index (χ2v) is 11.6. The molecular weight excluding hydrogens is 448 g/mol. The van der Waals surface area contributed by atoms with Crippen molar-refractivity contribution < 1.29 is 14.6 Å². The van der Waals surface area contributed by atoms with Crippen molar-refractivity contribution in [3.05, 3.63) is 52.5 Å². The van der Waals surface area contributed by atoms with Gasteiger partial charge in [0.05, 0.1) is 17.2 Å². The molecule has 182 valence electrons. The Morgan fingerprint density at radius 2 is 1.82 bits per heavy atom. The van der Waals surface area contributed by atoms with Gasteiger partial charge < -0.3 is 24.4 Å². The Hall–Kier alpha value is -2.24. The van der Waals surface area contributed by atoms with E-state index < -0.39 is 6.09 Å². The van der Waals surface area contributed by atoms with Gasteiger partial charge in [-0.1, -0.05) is 49.7 Å². The molecule has 2 bridgehead atoms. The Morgan fingerprint density at radius 3 is 2.41 bits per heavy atom. The molecule has 0 spiro atoms. The SMILES string of the molecule is CC(C)Oc1ccc(-c2ccc3c(c2)CC(C)(C)[C@H]3N(C(=O)[O-])[C@@H]2CN3CCC2CC3)cc1Cl. The molecular formula is C28H34ClN2O3-. The molecule has 3 saturated heterocycles. The van der Waals surface area contributed by atoms with Gasteiger partial charge >= 0.3 is 0 Å². The minimum Gasteiger partial charge on any atom is -0.530 e. The van der Waals surface area contributed by atoms with Crippen LogP contribution in [0.15, 0.2) is 36.4 Å². The van der Waals surface area contributed by atoms with Crippen molar-refractivity contribution >= 4 is 17.7 Å². The molecule has 2 aromatic carbocycles. The summed E-state index contributed by atoms with van der Waals surface area (Å²) in [6, 6.07) is 12.1. The number of carbonyl (C=O) groups excluding carboxylic acids is 1. The molecule has 6 rings (SSSR count). The Morgan fingerprint density at radius 1 is 1.15 bits per heavy atom. The highest BCUT2D eigenvalue weighted by molar-refractivity contribution is 6.32. The third-order valence-electron chi connectivity index (χ3n) is 7.92. The smallest absolute Gasteiger partial charge is 0.138 e. The molecule has 3 fully saturated rings. The van der Waals surface area contributed by atoms with E-state index in [-0.39, 0.29) is 23.6 Å². The lowest BCUT2D eigenvalue weighted by Gasteiger charge is -2.53. The predicted octanol–water partition coefficient (Wildman–Crippen LogP) is 5.16. The Balaban J connectivity index is 1.48. The number of amides is 1. The van der Waals surface area contributed by atoms with Crippen LogP contribution in [0.2, 0.25) is 5.02 Å². The summed E-state index contributed by atoms with van der Waals surface area (Å²) in [7, 11) is 0. The van der Waals surface area contributed by atoms with Gasteiger partial charge in [0, 0.05) is 12.6 Å². The molecule has 5 nitrogen and oxygen atoms in total. The first-order chi connectivity index (χ1) is 16.1. The Bertz CT molecular complexity index is 1090. The number of piperidine rings is 3. The second-order valence-electron chi connectivity index (χ2n) is 11.2. The number of hydrogen-bond acceptors (Lipinski definition) is 4. The standard InChI is InChI=1S/C28H35ClN2O3/c1-17(2)34-25-8-6-20(14-23(25)29)19-5-7-22-21(13-19)15-28(3,4)26(22)31(27(32)33)24-16-30-11-9-18(24)10-12-30/h5-8,13-14,17-18,24,26H,9-12,15-16H2,1-4H3,(H,32,33)/p-1/t24-,26+/m1/s1. The van der Waals surface area contributed by atoms with Gasteiger partial charge in [0.1, 0.15) is 11.8 Å². The number of benzene rings is 2. The zero-order valence-corrected chi connectivity index (χ0v) is 21.3. The molecule has 1 amide bonds. The molecule has 6 heteroatoms. The first-order valence-corrected chi connectivity index (χ1v) is 12.8. The summed E-state index contributed by atoms with van der Waals surface area (Å²) in [5.41, 5.74) is 4.22. The van der Waals surface area contributed by atoms with E-state index in [9.17, 15) is 9.90 Å². The van der Waals surface area contributed by atoms with Crippen molar-refractivity contribution in [2.45, 2.75) is 65.1 Å². The van der Waals surface area contributed by atoms with Crippen LogP contribution in [0.25, 0.3) is 11.1 Å². The van der Waals surface area contributed by atoms with Crippen LogP contribution in [0.1, 0.15) is 57.7 Å². The van der Waals surface area contributed by atoms with E-state index >= 15 is 0 Å². The number of ether oxygens (including phenoxy) is 1. The molecule has 0 N–H and O–H groups in total. The van der Waals surface area contributed by atoms with Gasteiger partial charge in [-0.15, -0.1) is 0 Å². The van der Waals surface area contributed by atoms with Crippen LogP contribution < -0.4 is 9.84 Å². The largest absolute Gasteiger partial charge is 0.530 e. The Labute approximate surface area is 207 Å². The van der Waals surface area contributed by atoms with Crippen LogP contribution in [0.5, 0.6) is 5.75 Å². The average Bonchev–Trinajstić information content (AvgIpc) is 3.05. The summed E-state index contributed by atoms with van der Waals surface area (Å²) in [6.07, 6.45) is 2.00. The average molecular weight is 482 g/mol. The van der Waals surface area contributed by atoms with Crippen molar-refractivity contribution in [1.29, 1.82) is 0 Å². The molecule has 2 aromatic rings. The third-order valence-corrected chi connectivity index (χ3v) is 8.22. The maximum absolute atomic E-state index is 12.6. The van der Waals surface area contributed by atoms with Gasteiger partial charge in [0.25, 0.3) is 0 Å². The lowest BCUT2D eigenvalue weighted by molar-refractivity contribution is -0.276. The molecule has 0 radical (unpaired) electrons. The highest BCUT2D eigenvalue weighted by atomic mass is 35.5. The predicted molar refractivity (Wildman–Crippen MR) is 133 cm³/mol. The fraction of sp³-hybridized carbons (Fsp3) is 0.536. The van der Waals surface area contributed by atoms with E-state index in [2.05, 4.69) is 36.9 Å². The summed E-state index contributed by atoms with van der Waals surface area (Å²) in [5.74, 6) is 1.11. The zero-order valence-electron chi connectivity index (χ0n) is 20.5. The third kappa shape index (κ3) is 4.18. The van der Waals surface area contributed by atoms with Crippen molar-refractivity contribution in [1.82, 2.24) is 9.80 Å². The topological polar surface area (TPSA) is 55.8 Å². The highest BCUT2D eigenvalue weighted by Gasteiger charge is 2.48. The summed E-state index contributed by atoms with van der Waals surface area (Å²) in [5, 5.41) is 13.2. The van der Waals surface area contributed by atoms with Crippen LogP contribution in [-0.2, 0) is 6.42 Å². The Kier molecular flexibility index (Phi) is 6.06. The van der Waals surface area contributed by atoms with E-state index in [1.54, 1.807) is 4.90 Å². The van der Waals surface area contributed by atoms with Crippen LogP contribution in [-0.4, -0.2) is 47.7 Å². The fourth-order valence-corrected chi connectivity index (χ4v) is 6.68. The lowest BCUT2D eigenvalue weighted by Crippen LogP contribution is -2.62. The van der Waals surface area contributed by atoms with Crippen LogP contribution in [0, 0.1) is 11.3 Å². The van der Waals surface area contributed by atoms with E-state index in [1.807, 2.05) is 32.0 Å². The first-order valence-electron chi connectivity index (χ1n) is 12.4. The normalized spacial score (nSPS) is 27.0. The van der Waals surface area contributed by atoms with Gasteiger partial charge in [0.2, 0.25) is 0 Å². The summed E-state index contributed by atoms with van der Waals surface area (Å²) in [6.45, 7) is 11.3. The molecule has 2 atom stereocenters. The van der Waals surface area contributed by atoms with E-state index in [4.69, 9.17) is 16.3 Å². The number of halogens is 1. The minimum atomic E-state index is -1.04. The first kappa shape index (κ1) is 23.5. The molecule has 1 aliphatic carbocycles. The van der Waals surface area contributed by atoms with E-state index in [1.165, 1.54) is 5.56 Å². The van der Waals surface area contributed by atoms with Crippen molar-refractivity contribution in [2.75, 3.05) is 19.6 Å². The number of rotatable bonds is 5. The second kappa shape index (κ2) is 8.76. The summed E-state index contributed by atoms with van der Waals surface area (Å²) >= 11 is 6.49.